The molecule has 1 saturated carbocycles. The van der Waals surface area contributed by atoms with Crippen molar-refractivity contribution in [2.75, 3.05) is 18.1 Å². The van der Waals surface area contributed by atoms with Crippen molar-refractivity contribution in [1.29, 1.82) is 0 Å². The highest BCUT2D eigenvalue weighted by molar-refractivity contribution is 9.10. The number of nitrogens with two attached hydrogens (primary N) is 2. The highest BCUT2D eigenvalue weighted by atomic mass is 79.9. The molecule has 10 heteroatoms. The van der Waals surface area contributed by atoms with Gasteiger partial charge in [0.15, 0.2) is 0 Å². The molecule has 3 heterocycles. The van der Waals surface area contributed by atoms with Crippen molar-refractivity contribution in [3.63, 3.8) is 0 Å². The van der Waals surface area contributed by atoms with Crippen molar-refractivity contribution in [3.8, 4) is 5.75 Å². The van der Waals surface area contributed by atoms with Gasteiger partial charge in [-0.05, 0) is 46.6 Å². The standard InChI is InChI=1S/C22H23BrN6O3/c1-22(9-32-12-3-2-11-6-14(23)20(25)28-15(11)7-12)8-16(17(30)18(22)31)29-5-4-13-19(24)26-10-27-21(13)29/h2-7,10,16-18,30-31H,8-9H2,1H3,(H2,25,28)(H2,24,26,27)/t16-,17+,18+,22-/m1/s1. The molecular weight excluding hydrogens is 476 g/mol. The Kier molecular flexibility index (Phi) is 4.95. The van der Waals surface area contributed by atoms with Crippen molar-refractivity contribution < 1.29 is 14.9 Å². The number of hydrogen-bond donors (Lipinski definition) is 4. The van der Waals surface area contributed by atoms with Crippen LogP contribution in [0.4, 0.5) is 11.6 Å². The highest BCUT2D eigenvalue weighted by Gasteiger charge is 2.51. The van der Waals surface area contributed by atoms with Crippen LogP contribution in [0.1, 0.15) is 19.4 Å². The Balaban J connectivity index is 1.38. The minimum Gasteiger partial charge on any atom is -0.493 e. The lowest BCUT2D eigenvalue weighted by Crippen LogP contribution is -2.38. The van der Waals surface area contributed by atoms with Crippen LogP contribution in [0.5, 0.6) is 5.75 Å². The fourth-order valence-corrected chi connectivity index (χ4v) is 4.82. The summed E-state index contributed by atoms with van der Waals surface area (Å²) in [4.78, 5) is 12.7. The summed E-state index contributed by atoms with van der Waals surface area (Å²) in [5, 5.41) is 23.4. The summed E-state index contributed by atoms with van der Waals surface area (Å²) in [6.07, 6.45) is 1.75. The van der Waals surface area contributed by atoms with Crippen LogP contribution in [0.3, 0.4) is 0 Å². The van der Waals surface area contributed by atoms with Crippen LogP contribution in [0.15, 0.2) is 47.3 Å². The van der Waals surface area contributed by atoms with Crippen LogP contribution < -0.4 is 16.2 Å². The fourth-order valence-electron chi connectivity index (χ4n) is 4.48. The second kappa shape index (κ2) is 7.58. The van der Waals surface area contributed by atoms with Crippen molar-refractivity contribution >= 4 is 49.5 Å². The average Bonchev–Trinajstić information content (AvgIpc) is 3.29. The number of rotatable bonds is 4. The SMILES string of the molecule is C[C@]1(COc2ccc3cc(Br)c(N)nc3c2)C[C@@H](n2ccc3c(N)ncnc32)[C@H](O)[C@@H]1O. The maximum atomic E-state index is 10.9. The van der Waals surface area contributed by atoms with E-state index in [4.69, 9.17) is 16.2 Å². The number of nitrogen functional groups attached to an aromatic ring is 2. The number of pyridine rings is 1. The van der Waals surface area contributed by atoms with E-state index in [1.54, 1.807) is 0 Å². The maximum Gasteiger partial charge on any atom is 0.145 e. The van der Waals surface area contributed by atoms with E-state index in [-0.39, 0.29) is 12.6 Å². The molecule has 0 aliphatic heterocycles. The third kappa shape index (κ3) is 3.35. The summed E-state index contributed by atoms with van der Waals surface area (Å²) < 4.78 is 8.64. The predicted molar refractivity (Wildman–Crippen MR) is 125 cm³/mol. The van der Waals surface area contributed by atoms with Crippen molar-refractivity contribution in [2.45, 2.75) is 31.6 Å². The van der Waals surface area contributed by atoms with Gasteiger partial charge in [0.2, 0.25) is 0 Å². The molecule has 3 aromatic heterocycles. The van der Waals surface area contributed by atoms with E-state index >= 15 is 0 Å². The molecule has 0 unspecified atom stereocenters. The van der Waals surface area contributed by atoms with Gasteiger partial charge in [-0.25, -0.2) is 15.0 Å². The van der Waals surface area contributed by atoms with Gasteiger partial charge in [-0.3, -0.25) is 0 Å². The predicted octanol–water partition coefficient (Wildman–Crippen LogP) is 2.66. The van der Waals surface area contributed by atoms with E-state index in [0.717, 1.165) is 9.86 Å². The zero-order valence-corrected chi connectivity index (χ0v) is 18.9. The number of ether oxygens (including phenoxy) is 1. The lowest BCUT2D eigenvalue weighted by Gasteiger charge is -2.28. The number of nitrogens with zero attached hydrogens (tertiary/aromatic N) is 4. The Morgan fingerprint density at radius 2 is 2.00 bits per heavy atom. The van der Waals surface area contributed by atoms with Gasteiger partial charge in [-0.1, -0.05) is 6.92 Å². The molecule has 1 fully saturated rings. The van der Waals surface area contributed by atoms with Gasteiger partial charge in [-0.15, -0.1) is 0 Å². The summed E-state index contributed by atoms with van der Waals surface area (Å²) in [7, 11) is 0. The van der Waals surface area contributed by atoms with E-state index in [2.05, 4.69) is 30.9 Å². The van der Waals surface area contributed by atoms with Gasteiger partial charge in [0.25, 0.3) is 0 Å². The third-order valence-electron chi connectivity index (χ3n) is 6.34. The second-order valence-electron chi connectivity index (χ2n) is 8.58. The lowest BCUT2D eigenvalue weighted by molar-refractivity contribution is -0.0364. The summed E-state index contributed by atoms with van der Waals surface area (Å²) in [6.45, 7) is 2.12. The number of halogens is 1. The zero-order valence-electron chi connectivity index (χ0n) is 17.3. The van der Waals surface area contributed by atoms with E-state index < -0.39 is 17.6 Å². The molecule has 0 saturated heterocycles. The first kappa shape index (κ1) is 20.9. The van der Waals surface area contributed by atoms with E-state index in [1.165, 1.54) is 6.33 Å². The monoisotopic (exact) mass is 498 g/mol. The minimum atomic E-state index is -0.981. The molecule has 0 bridgehead atoms. The molecule has 0 amide bonds. The molecule has 1 aliphatic rings. The van der Waals surface area contributed by atoms with E-state index in [0.29, 0.717) is 40.4 Å². The Labute approximate surface area is 192 Å². The number of anilines is 2. The smallest absolute Gasteiger partial charge is 0.145 e. The molecule has 4 aromatic rings. The molecule has 0 radical (unpaired) electrons. The molecule has 9 nitrogen and oxygen atoms in total. The van der Waals surface area contributed by atoms with Crippen molar-refractivity contribution in [2.24, 2.45) is 5.41 Å². The quantitative estimate of drug-likeness (QED) is 0.335. The van der Waals surface area contributed by atoms with Crippen LogP contribution in [0.25, 0.3) is 21.9 Å². The Morgan fingerprint density at radius 1 is 1.19 bits per heavy atom. The summed E-state index contributed by atoms with van der Waals surface area (Å²) in [5.41, 5.74) is 12.5. The Bertz CT molecular complexity index is 1330. The number of aliphatic hydroxyl groups is 2. The highest BCUT2D eigenvalue weighted by Crippen LogP contribution is 2.46. The molecule has 4 atom stereocenters. The first-order valence-corrected chi connectivity index (χ1v) is 11.0. The van der Waals surface area contributed by atoms with Gasteiger partial charge in [-0.2, -0.15) is 0 Å². The first-order valence-electron chi connectivity index (χ1n) is 10.2. The number of fused-ring (bicyclic) bond motifs is 2. The number of aromatic nitrogens is 4. The van der Waals surface area contributed by atoms with Crippen LogP contribution in [0, 0.1) is 5.41 Å². The van der Waals surface area contributed by atoms with Gasteiger partial charge in [0.05, 0.1) is 34.1 Å². The fraction of sp³-hybridized carbons (Fsp3) is 0.318. The van der Waals surface area contributed by atoms with Crippen molar-refractivity contribution in [3.05, 3.63) is 47.3 Å². The average molecular weight is 499 g/mol. The Morgan fingerprint density at radius 3 is 2.81 bits per heavy atom. The van der Waals surface area contributed by atoms with Gasteiger partial charge >= 0.3 is 0 Å². The van der Waals surface area contributed by atoms with Crippen molar-refractivity contribution in [1.82, 2.24) is 19.5 Å². The van der Waals surface area contributed by atoms with Crippen LogP contribution in [-0.4, -0.2) is 48.5 Å². The first-order chi connectivity index (χ1) is 15.3. The third-order valence-corrected chi connectivity index (χ3v) is 6.98. The molecule has 32 heavy (non-hydrogen) atoms. The molecule has 1 aliphatic carbocycles. The second-order valence-corrected chi connectivity index (χ2v) is 9.43. The maximum absolute atomic E-state index is 10.9. The zero-order chi connectivity index (χ0) is 22.6. The summed E-state index contributed by atoms with van der Waals surface area (Å²) in [6, 6.07) is 8.92. The van der Waals surface area contributed by atoms with Gasteiger partial charge in [0.1, 0.15) is 35.5 Å². The lowest BCUT2D eigenvalue weighted by atomic mass is 9.87. The summed E-state index contributed by atoms with van der Waals surface area (Å²) >= 11 is 3.38. The topological polar surface area (TPSA) is 145 Å². The largest absolute Gasteiger partial charge is 0.493 e. The molecule has 6 N–H and O–H groups in total. The number of benzene rings is 1. The minimum absolute atomic E-state index is 0.218. The van der Waals surface area contributed by atoms with Gasteiger partial charge < -0.3 is 31.0 Å². The van der Waals surface area contributed by atoms with Gasteiger partial charge in [0, 0.05) is 23.1 Å². The normalized spacial score (nSPS) is 25.6. The number of hydrogen-bond acceptors (Lipinski definition) is 8. The van der Waals surface area contributed by atoms with Crippen LogP contribution >= 0.6 is 15.9 Å². The molecule has 5 rings (SSSR count). The number of aliphatic hydroxyl groups excluding tert-OH is 2. The summed E-state index contributed by atoms with van der Waals surface area (Å²) in [5.74, 6) is 1.40. The van der Waals surface area contributed by atoms with Crippen LogP contribution in [-0.2, 0) is 0 Å². The van der Waals surface area contributed by atoms with Crippen LogP contribution in [0.2, 0.25) is 0 Å². The molecule has 1 aromatic carbocycles. The van der Waals surface area contributed by atoms with E-state index in [1.807, 2.05) is 48.0 Å². The molecule has 166 valence electrons. The molecule has 0 spiro atoms. The Hall–Kier alpha value is -2.95. The van der Waals surface area contributed by atoms with E-state index in [9.17, 15) is 10.2 Å². The molecular formula is C22H23BrN6O3.